The summed E-state index contributed by atoms with van der Waals surface area (Å²) >= 11 is 0. The molecule has 0 saturated carbocycles. The molecule has 43 heavy (non-hydrogen) atoms. The van der Waals surface area contributed by atoms with Gasteiger partial charge in [0.15, 0.2) is 0 Å². The summed E-state index contributed by atoms with van der Waals surface area (Å²) in [4.78, 5) is 32.0. The summed E-state index contributed by atoms with van der Waals surface area (Å²) in [5, 5.41) is 2.89. The average Bonchev–Trinajstić information content (AvgIpc) is 3.41. The van der Waals surface area contributed by atoms with Gasteiger partial charge in [-0.15, -0.1) is 0 Å². The highest BCUT2D eigenvalue weighted by atomic mass is 19.4. The predicted octanol–water partition coefficient (Wildman–Crippen LogP) is 7.75. The number of allylic oxidation sites excluding steroid dienone is 2. The number of esters is 1. The van der Waals surface area contributed by atoms with Crippen molar-refractivity contribution in [3.63, 3.8) is 0 Å². The van der Waals surface area contributed by atoms with E-state index >= 15 is 0 Å². The number of alkyl halides is 3. The first-order valence-corrected chi connectivity index (χ1v) is 14.8. The number of ether oxygens (including phenoxy) is 1. The van der Waals surface area contributed by atoms with Gasteiger partial charge in [0.2, 0.25) is 0 Å². The summed E-state index contributed by atoms with van der Waals surface area (Å²) in [5.41, 5.74) is 4.21. The second-order valence-corrected chi connectivity index (χ2v) is 11.2. The topological polar surface area (TPSA) is 71.5 Å². The van der Waals surface area contributed by atoms with Gasteiger partial charge in [0.05, 0.1) is 18.1 Å². The molecule has 2 aromatic carbocycles. The number of rotatable bonds is 8. The van der Waals surface area contributed by atoms with Crippen LogP contribution in [0.3, 0.4) is 0 Å². The number of nitrogens with one attached hydrogen (secondary N) is 1. The third-order valence-corrected chi connectivity index (χ3v) is 8.37. The van der Waals surface area contributed by atoms with Gasteiger partial charge in [-0.1, -0.05) is 30.3 Å². The Kier molecular flexibility index (Phi) is 9.30. The Hall–Kier alpha value is -3.98. The molecule has 0 spiro atoms. The van der Waals surface area contributed by atoms with Gasteiger partial charge in [-0.3, -0.25) is 14.5 Å². The van der Waals surface area contributed by atoms with Gasteiger partial charge in [0.1, 0.15) is 5.82 Å². The van der Waals surface area contributed by atoms with E-state index in [0.29, 0.717) is 42.6 Å². The van der Waals surface area contributed by atoms with Crippen LogP contribution in [0.4, 0.5) is 19.0 Å². The van der Waals surface area contributed by atoms with Crippen molar-refractivity contribution >= 4 is 23.3 Å². The Morgan fingerprint density at radius 1 is 1.05 bits per heavy atom. The van der Waals surface area contributed by atoms with Gasteiger partial charge < -0.3 is 10.1 Å². The number of carbonyl (C=O) groups excluding carboxylic acids is 2. The van der Waals surface area contributed by atoms with Crippen LogP contribution in [0.5, 0.6) is 0 Å². The first kappa shape index (κ1) is 30.5. The first-order valence-electron chi connectivity index (χ1n) is 14.8. The number of aromatic nitrogens is 1. The largest absolute Gasteiger partial charge is 0.466 e. The normalized spacial score (nSPS) is 19.1. The fourth-order valence-corrected chi connectivity index (χ4v) is 5.84. The van der Waals surface area contributed by atoms with Gasteiger partial charge in [-0.2, -0.15) is 13.2 Å². The van der Waals surface area contributed by atoms with Crippen molar-refractivity contribution < 1.29 is 27.5 Å². The van der Waals surface area contributed by atoms with E-state index in [9.17, 15) is 22.8 Å². The molecule has 2 heterocycles. The third-order valence-electron chi connectivity index (χ3n) is 8.37. The molecule has 226 valence electrons. The van der Waals surface area contributed by atoms with E-state index < -0.39 is 11.7 Å². The minimum Gasteiger partial charge on any atom is -0.466 e. The second-order valence-electron chi connectivity index (χ2n) is 11.2. The van der Waals surface area contributed by atoms with E-state index in [-0.39, 0.29) is 17.8 Å². The molecule has 9 heteroatoms. The quantitative estimate of drug-likeness (QED) is 0.271. The maximum Gasteiger partial charge on any atom is 0.416 e. The van der Waals surface area contributed by atoms with Crippen molar-refractivity contribution in [2.45, 2.75) is 64.7 Å². The molecule has 5 rings (SSSR count). The Morgan fingerprint density at radius 3 is 2.37 bits per heavy atom. The molecule has 1 aliphatic carbocycles. The molecular formula is C34H36F3N3O3. The molecule has 0 bridgehead atoms. The van der Waals surface area contributed by atoms with Crippen molar-refractivity contribution in [1.82, 2.24) is 9.88 Å². The van der Waals surface area contributed by atoms with E-state index in [1.165, 1.54) is 12.1 Å². The molecule has 1 unspecified atom stereocenters. The molecule has 6 nitrogen and oxygen atoms in total. The summed E-state index contributed by atoms with van der Waals surface area (Å²) < 4.78 is 44.5. The number of halogens is 3. The number of likely N-dealkylation sites (tertiary alicyclic amines) is 1. The van der Waals surface area contributed by atoms with E-state index in [4.69, 9.17) is 4.74 Å². The Bertz CT molecular complexity index is 1480. The maximum atomic E-state index is 13.1. The lowest BCUT2D eigenvalue weighted by Gasteiger charge is -2.23. The summed E-state index contributed by atoms with van der Waals surface area (Å²) in [5.74, 6) is -0.178. The van der Waals surface area contributed by atoms with E-state index in [1.54, 1.807) is 18.3 Å². The van der Waals surface area contributed by atoms with Crippen LogP contribution in [0.1, 0.15) is 73.0 Å². The zero-order chi connectivity index (χ0) is 30.6. The number of carbonyl (C=O) groups is 2. The number of anilines is 1. The van der Waals surface area contributed by atoms with Crippen LogP contribution in [0.15, 0.2) is 66.9 Å². The van der Waals surface area contributed by atoms with Crippen LogP contribution >= 0.6 is 0 Å². The van der Waals surface area contributed by atoms with Crippen molar-refractivity contribution in [2.75, 3.05) is 18.5 Å². The highest BCUT2D eigenvalue weighted by molar-refractivity contribution is 6.04. The Balaban J connectivity index is 1.31. The highest BCUT2D eigenvalue weighted by Crippen LogP contribution is 2.34. The van der Waals surface area contributed by atoms with Crippen molar-refractivity contribution in [2.24, 2.45) is 5.92 Å². The van der Waals surface area contributed by atoms with Crippen LogP contribution in [-0.4, -0.2) is 41.0 Å². The fourth-order valence-electron chi connectivity index (χ4n) is 5.84. The van der Waals surface area contributed by atoms with Crippen molar-refractivity contribution in [1.29, 1.82) is 0 Å². The van der Waals surface area contributed by atoms with Crippen LogP contribution in [0.25, 0.3) is 16.7 Å². The number of hydrogen-bond donors (Lipinski definition) is 1. The Labute approximate surface area is 250 Å². The molecule has 0 radical (unpaired) electrons. The van der Waals surface area contributed by atoms with Crippen LogP contribution in [-0.2, 0) is 22.3 Å². The molecule has 2 atom stereocenters. The van der Waals surface area contributed by atoms with Crippen LogP contribution in [0, 0.1) is 5.92 Å². The molecule has 1 fully saturated rings. The van der Waals surface area contributed by atoms with Gasteiger partial charge in [-0.25, -0.2) is 4.98 Å². The number of hydrogen-bond acceptors (Lipinski definition) is 5. The molecule has 3 aromatic rings. The average molecular weight is 592 g/mol. The van der Waals surface area contributed by atoms with Crippen molar-refractivity contribution in [3.05, 3.63) is 89.1 Å². The number of pyridine rings is 1. The second kappa shape index (κ2) is 13.1. The summed E-state index contributed by atoms with van der Waals surface area (Å²) in [6, 6.07) is 14.7. The molecule has 2 aliphatic rings. The lowest BCUT2D eigenvalue weighted by atomic mass is 9.86. The fraction of sp³-hybridized carbons (Fsp3) is 0.382. The highest BCUT2D eigenvalue weighted by Gasteiger charge is 2.30. The van der Waals surface area contributed by atoms with Gasteiger partial charge in [0, 0.05) is 29.9 Å². The minimum absolute atomic E-state index is 0.106. The predicted molar refractivity (Wildman–Crippen MR) is 160 cm³/mol. The SMILES string of the molecule is CCOC(=O)C1CC=C(c2ccc(C(=O)Nc3cc(CN4CCC[C@H]4C)c(-c4ccc(C(F)(F)F)cc4)cn3)cc2)CC1. The van der Waals surface area contributed by atoms with Crippen LogP contribution < -0.4 is 5.32 Å². The van der Waals surface area contributed by atoms with Crippen molar-refractivity contribution in [3.8, 4) is 11.1 Å². The maximum absolute atomic E-state index is 13.1. The molecule has 1 saturated heterocycles. The number of amides is 1. The number of nitrogens with zero attached hydrogens (tertiary/aromatic N) is 2. The van der Waals surface area contributed by atoms with Gasteiger partial charge in [-0.05, 0) is 105 Å². The summed E-state index contributed by atoms with van der Waals surface area (Å²) in [6.07, 6.45) is 3.61. The smallest absolute Gasteiger partial charge is 0.416 e. The minimum atomic E-state index is -4.41. The molecule has 1 amide bonds. The summed E-state index contributed by atoms with van der Waals surface area (Å²) in [6.45, 7) is 5.89. The first-order chi connectivity index (χ1) is 20.6. The van der Waals surface area contributed by atoms with E-state index in [2.05, 4.69) is 28.2 Å². The lowest BCUT2D eigenvalue weighted by molar-refractivity contribution is -0.148. The molecule has 1 N–H and O–H groups in total. The van der Waals surface area contributed by atoms with Gasteiger partial charge in [0.25, 0.3) is 5.91 Å². The zero-order valence-corrected chi connectivity index (χ0v) is 24.4. The summed E-state index contributed by atoms with van der Waals surface area (Å²) in [7, 11) is 0. The lowest BCUT2D eigenvalue weighted by Crippen LogP contribution is -2.26. The molecule has 1 aromatic heterocycles. The monoisotopic (exact) mass is 591 g/mol. The molecular weight excluding hydrogens is 555 g/mol. The number of benzene rings is 2. The standard InChI is InChI=1S/C34H36F3N3O3/c1-3-43-33(42)27-12-8-24(9-13-27)23-6-10-26(11-7-23)32(41)39-31-19-28(21-40-18-4-5-22(40)2)30(20-38-31)25-14-16-29(17-15-25)34(35,36)37/h6-8,10-11,14-17,19-20,22,27H,3-5,9,12-13,18,21H2,1-2H3,(H,38,39,41)/t22-,27?/m1/s1. The van der Waals surface area contributed by atoms with Gasteiger partial charge >= 0.3 is 12.1 Å². The van der Waals surface area contributed by atoms with Crippen LogP contribution in [0.2, 0.25) is 0 Å². The molecule has 1 aliphatic heterocycles. The Morgan fingerprint density at radius 2 is 1.77 bits per heavy atom. The van der Waals surface area contributed by atoms with E-state index in [1.807, 2.05) is 25.1 Å². The zero-order valence-electron chi connectivity index (χ0n) is 24.4. The van der Waals surface area contributed by atoms with E-state index in [0.717, 1.165) is 66.6 Å². The third kappa shape index (κ3) is 7.33.